The van der Waals surface area contributed by atoms with Gasteiger partial charge in [0, 0.05) is 16.6 Å². The summed E-state index contributed by atoms with van der Waals surface area (Å²) < 4.78 is 5.98. The van der Waals surface area contributed by atoms with Crippen LogP contribution in [0.4, 0.5) is 5.69 Å². The number of aromatic nitrogens is 1. The third-order valence-electron chi connectivity index (χ3n) is 3.13. The molecule has 100 valence electrons. The molecule has 3 aromatic rings. The van der Waals surface area contributed by atoms with E-state index in [9.17, 15) is 0 Å². The van der Waals surface area contributed by atoms with Gasteiger partial charge in [-0.2, -0.15) is 0 Å². The molecule has 3 nitrogen and oxygen atoms in total. The lowest BCUT2D eigenvalue weighted by molar-refractivity contribution is 0.484. The molecule has 0 spiro atoms. The van der Waals surface area contributed by atoms with Crippen molar-refractivity contribution in [3.05, 3.63) is 59.2 Å². The van der Waals surface area contributed by atoms with Crippen molar-refractivity contribution in [1.82, 2.24) is 4.98 Å². The van der Waals surface area contributed by atoms with Gasteiger partial charge in [-0.1, -0.05) is 23.7 Å². The Morgan fingerprint density at radius 3 is 2.80 bits per heavy atom. The minimum absolute atomic E-state index is 0.635. The van der Waals surface area contributed by atoms with E-state index in [2.05, 4.69) is 4.98 Å². The number of pyridine rings is 1. The number of para-hydroxylation sites is 1. The van der Waals surface area contributed by atoms with Crippen molar-refractivity contribution >= 4 is 28.2 Å². The second-order valence-corrected chi connectivity index (χ2v) is 5.00. The van der Waals surface area contributed by atoms with E-state index in [4.69, 9.17) is 22.1 Å². The lowest BCUT2D eigenvalue weighted by Gasteiger charge is -2.11. The van der Waals surface area contributed by atoms with Gasteiger partial charge in [0.15, 0.2) is 0 Å². The molecule has 0 aliphatic heterocycles. The van der Waals surface area contributed by atoms with Crippen LogP contribution in [0.3, 0.4) is 0 Å². The molecule has 0 unspecified atom stereocenters. The summed E-state index contributed by atoms with van der Waals surface area (Å²) in [4.78, 5) is 4.29. The molecular formula is C16H13ClN2O. The molecule has 0 aliphatic rings. The van der Waals surface area contributed by atoms with Crippen molar-refractivity contribution in [2.75, 3.05) is 5.73 Å². The first kappa shape index (κ1) is 12.8. The van der Waals surface area contributed by atoms with Crippen LogP contribution in [-0.4, -0.2) is 4.98 Å². The number of aryl methyl sites for hydroxylation is 1. The Morgan fingerprint density at radius 2 is 1.95 bits per heavy atom. The zero-order valence-corrected chi connectivity index (χ0v) is 11.7. The molecule has 0 atom stereocenters. The van der Waals surface area contributed by atoms with E-state index in [-0.39, 0.29) is 0 Å². The fourth-order valence-electron chi connectivity index (χ4n) is 2.06. The van der Waals surface area contributed by atoms with Crippen LogP contribution in [0.15, 0.2) is 48.7 Å². The molecule has 0 aliphatic carbocycles. The zero-order chi connectivity index (χ0) is 14.1. The number of hydrogen-bond acceptors (Lipinski definition) is 3. The minimum Gasteiger partial charge on any atom is -0.456 e. The molecule has 4 heteroatoms. The summed E-state index contributed by atoms with van der Waals surface area (Å²) in [6, 6.07) is 13.0. The van der Waals surface area contributed by atoms with Crippen molar-refractivity contribution in [2.24, 2.45) is 0 Å². The maximum atomic E-state index is 6.01. The number of rotatable bonds is 2. The van der Waals surface area contributed by atoms with Crippen molar-refractivity contribution in [3.8, 4) is 11.5 Å². The van der Waals surface area contributed by atoms with Gasteiger partial charge >= 0.3 is 0 Å². The zero-order valence-electron chi connectivity index (χ0n) is 10.9. The highest BCUT2D eigenvalue weighted by Gasteiger charge is 2.08. The van der Waals surface area contributed by atoms with Crippen LogP contribution in [-0.2, 0) is 0 Å². The molecule has 0 saturated carbocycles. The van der Waals surface area contributed by atoms with E-state index in [1.807, 2.05) is 43.3 Å². The Morgan fingerprint density at radius 1 is 1.10 bits per heavy atom. The van der Waals surface area contributed by atoms with Gasteiger partial charge in [0.05, 0.1) is 11.2 Å². The van der Waals surface area contributed by atoms with Gasteiger partial charge in [-0.15, -0.1) is 0 Å². The molecule has 2 N–H and O–H groups in total. The second-order valence-electron chi connectivity index (χ2n) is 4.56. The summed E-state index contributed by atoms with van der Waals surface area (Å²) in [5.41, 5.74) is 8.33. The Hall–Kier alpha value is -2.26. The summed E-state index contributed by atoms with van der Waals surface area (Å²) in [6.07, 6.45) is 1.69. The molecule has 2 aromatic carbocycles. The van der Waals surface area contributed by atoms with Crippen molar-refractivity contribution in [2.45, 2.75) is 6.92 Å². The van der Waals surface area contributed by atoms with Gasteiger partial charge in [-0.05, 0) is 42.8 Å². The topological polar surface area (TPSA) is 48.1 Å². The fraction of sp³-hybridized carbons (Fsp3) is 0.0625. The summed E-state index contributed by atoms with van der Waals surface area (Å²) in [5, 5.41) is 1.52. The first-order valence-electron chi connectivity index (χ1n) is 6.22. The van der Waals surface area contributed by atoms with E-state index >= 15 is 0 Å². The highest BCUT2D eigenvalue weighted by molar-refractivity contribution is 6.30. The third-order valence-corrected chi connectivity index (χ3v) is 3.37. The fourth-order valence-corrected chi connectivity index (χ4v) is 2.23. The number of benzene rings is 2. The predicted octanol–water partition coefficient (Wildman–Crippen LogP) is 4.57. The number of fused-ring (bicyclic) bond motifs is 1. The summed E-state index contributed by atoms with van der Waals surface area (Å²) in [6.45, 7) is 1.98. The first-order chi connectivity index (χ1) is 9.65. The van der Waals surface area contributed by atoms with Crippen molar-refractivity contribution in [1.29, 1.82) is 0 Å². The standard InChI is InChI=1S/C16H13ClN2O/c1-10-5-6-11(17)9-15(10)20-14-7-8-19-16-12(14)3-2-4-13(16)18/h2-9H,18H2,1H3. The molecule has 1 aromatic heterocycles. The number of halogens is 1. The Balaban J connectivity index is 2.11. The van der Waals surface area contributed by atoms with Crippen LogP contribution in [0.1, 0.15) is 5.56 Å². The van der Waals surface area contributed by atoms with Crippen LogP contribution in [0.25, 0.3) is 10.9 Å². The van der Waals surface area contributed by atoms with E-state index in [1.165, 1.54) is 0 Å². The number of ether oxygens (including phenoxy) is 1. The number of hydrogen-bond donors (Lipinski definition) is 1. The molecule has 0 bridgehead atoms. The van der Waals surface area contributed by atoms with Crippen LogP contribution in [0.2, 0.25) is 5.02 Å². The predicted molar refractivity (Wildman–Crippen MR) is 82.4 cm³/mol. The van der Waals surface area contributed by atoms with Crippen molar-refractivity contribution in [3.63, 3.8) is 0 Å². The molecule has 0 amide bonds. The highest BCUT2D eigenvalue weighted by atomic mass is 35.5. The van der Waals surface area contributed by atoms with Crippen LogP contribution in [0.5, 0.6) is 11.5 Å². The van der Waals surface area contributed by atoms with Crippen LogP contribution >= 0.6 is 11.6 Å². The van der Waals surface area contributed by atoms with Crippen molar-refractivity contribution < 1.29 is 4.74 Å². The van der Waals surface area contributed by atoms with E-state index in [0.717, 1.165) is 22.2 Å². The summed E-state index contributed by atoms with van der Waals surface area (Å²) >= 11 is 6.01. The van der Waals surface area contributed by atoms with Gasteiger partial charge in [-0.3, -0.25) is 4.98 Å². The average Bonchev–Trinajstić information content (AvgIpc) is 2.44. The Bertz CT molecular complexity index is 787. The molecule has 20 heavy (non-hydrogen) atoms. The second kappa shape index (κ2) is 5.02. The quantitative estimate of drug-likeness (QED) is 0.701. The van der Waals surface area contributed by atoms with E-state index in [1.54, 1.807) is 12.3 Å². The van der Waals surface area contributed by atoms with E-state index < -0.39 is 0 Å². The maximum absolute atomic E-state index is 6.01. The minimum atomic E-state index is 0.635. The molecule has 0 radical (unpaired) electrons. The largest absolute Gasteiger partial charge is 0.456 e. The lowest BCUT2D eigenvalue weighted by Crippen LogP contribution is -1.93. The van der Waals surface area contributed by atoms with Gasteiger partial charge in [0.2, 0.25) is 0 Å². The van der Waals surface area contributed by atoms with Crippen LogP contribution in [0, 0.1) is 6.92 Å². The van der Waals surface area contributed by atoms with Gasteiger partial charge in [0.1, 0.15) is 11.5 Å². The highest BCUT2D eigenvalue weighted by Crippen LogP contribution is 2.33. The Labute approximate surface area is 122 Å². The molecule has 0 fully saturated rings. The Kier molecular flexibility index (Phi) is 3.20. The number of nitrogens with zero attached hydrogens (tertiary/aromatic N) is 1. The SMILES string of the molecule is Cc1ccc(Cl)cc1Oc1ccnc2c(N)cccc12. The first-order valence-corrected chi connectivity index (χ1v) is 6.60. The van der Waals surface area contributed by atoms with E-state index in [0.29, 0.717) is 16.5 Å². The van der Waals surface area contributed by atoms with Gasteiger partial charge < -0.3 is 10.5 Å². The molecular weight excluding hydrogens is 272 g/mol. The molecule has 3 rings (SSSR count). The third kappa shape index (κ3) is 2.28. The number of nitrogens with two attached hydrogens (primary N) is 1. The average molecular weight is 285 g/mol. The lowest BCUT2D eigenvalue weighted by atomic mass is 10.1. The number of nitrogen functional groups attached to an aromatic ring is 1. The molecule has 0 saturated heterocycles. The molecule has 1 heterocycles. The summed E-state index contributed by atoms with van der Waals surface area (Å²) in [5.74, 6) is 1.44. The monoisotopic (exact) mass is 284 g/mol. The van der Waals surface area contributed by atoms with Crippen LogP contribution < -0.4 is 10.5 Å². The van der Waals surface area contributed by atoms with Gasteiger partial charge in [-0.25, -0.2) is 0 Å². The number of anilines is 1. The summed E-state index contributed by atoms with van der Waals surface area (Å²) in [7, 11) is 0. The normalized spacial score (nSPS) is 10.7. The van der Waals surface area contributed by atoms with Gasteiger partial charge in [0.25, 0.3) is 0 Å². The maximum Gasteiger partial charge on any atom is 0.138 e. The smallest absolute Gasteiger partial charge is 0.138 e.